The highest BCUT2D eigenvalue weighted by Crippen LogP contribution is 2.44. The predicted octanol–water partition coefficient (Wildman–Crippen LogP) is 4.48. The Labute approximate surface area is 190 Å². The van der Waals surface area contributed by atoms with Crippen molar-refractivity contribution in [3.8, 4) is 0 Å². The normalized spacial score (nSPS) is 24.4. The quantitative estimate of drug-likeness (QED) is 0.574. The van der Waals surface area contributed by atoms with Gasteiger partial charge in [0.2, 0.25) is 5.95 Å². The molecule has 0 radical (unpaired) electrons. The van der Waals surface area contributed by atoms with Crippen molar-refractivity contribution < 1.29 is 17.9 Å². The molecule has 3 aromatic heterocycles. The Balaban J connectivity index is 1.46. The van der Waals surface area contributed by atoms with Crippen molar-refractivity contribution in [1.29, 1.82) is 0 Å². The van der Waals surface area contributed by atoms with Gasteiger partial charge in [0, 0.05) is 42.4 Å². The van der Waals surface area contributed by atoms with Gasteiger partial charge in [-0.25, -0.2) is 9.97 Å². The van der Waals surface area contributed by atoms with E-state index in [-0.39, 0.29) is 24.9 Å². The second-order valence-corrected chi connectivity index (χ2v) is 9.08. The summed E-state index contributed by atoms with van der Waals surface area (Å²) in [4.78, 5) is 16.4. The van der Waals surface area contributed by atoms with Crippen LogP contribution < -0.4 is 4.90 Å². The lowest BCUT2D eigenvalue weighted by Crippen LogP contribution is -2.39. The molecule has 1 saturated heterocycles. The number of pyridine rings is 1. The number of rotatable bonds is 3. The van der Waals surface area contributed by atoms with Crippen molar-refractivity contribution in [2.24, 2.45) is 13.0 Å². The molecule has 0 N–H and O–H groups in total. The van der Waals surface area contributed by atoms with Gasteiger partial charge in [0.1, 0.15) is 6.10 Å². The molecule has 0 amide bonds. The highest BCUT2D eigenvalue weighted by molar-refractivity contribution is 5.79. The Kier molecular flexibility index (Phi) is 5.72. The number of ether oxygens (including phenoxy) is 1. The number of alkyl halides is 3. The van der Waals surface area contributed by atoms with E-state index in [2.05, 4.69) is 15.0 Å². The largest absolute Gasteiger partial charge is 0.391 e. The second-order valence-electron chi connectivity index (χ2n) is 9.08. The molecule has 1 saturated carbocycles. The number of hydrogen-bond donors (Lipinski definition) is 0. The summed E-state index contributed by atoms with van der Waals surface area (Å²) in [7, 11) is 1.87. The summed E-state index contributed by atoms with van der Waals surface area (Å²) in [6.45, 7) is 3.63. The summed E-state index contributed by atoms with van der Waals surface area (Å²) in [5, 5.41) is 5.07. The van der Waals surface area contributed by atoms with Gasteiger partial charge in [-0.3, -0.25) is 4.68 Å². The van der Waals surface area contributed by atoms with E-state index in [0.717, 1.165) is 22.3 Å². The number of halogens is 3. The van der Waals surface area contributed by atoms with Gasteiger partial charge >= 0.3 is 6.18 Å². The van der Waals surface area contributed by atoms with Gasteiger partial charge < -0.3 is 9.64 Å². The Morgan fingerprint density at radius 1 is 1.06 bits per heavy atom. The summed E-state index contributed by atoms with van der Waals surface area (Å²) >= 11 is 0. The number of fused-ring (bicyclic) bond motifs is 1. The van der Waals surface area contributed by atoms with Crippen LogP contribution >= 0.6 is 0 Å². The van der Waals surface area contributed by atoms with Gasteiger partial charge in [-0.05, 0) is 44.7 Å². The molecule has 1 aliphatic carbocycles. The van der Waals surface area contributed by atoms with Crippen molar-refractivity contribution in [2.45, 2.75) is 50.8 Å². The third-order valence-corrected chi connectivity index (χ3v) is 6.74. The summed E-state index contributed by atoms with van der Waals surface area (Å²) in [5.74, 6) is -0.695. The lowest BCUT2D eigenvalue weighted by molar-refractivity contribution is -0.182. The molecule has 176 valence electrons. The predicted molar refractivity (Wildman–Crippen MR) is 117 cm³/mol. The second kappa shape index (κ2) is 8.55. The smallest absolute Gasteiger partial charge is 0.370 e. The van der Waals surface area contributed by atoms with Gasteiger partial charge in [-0.15, -0.1) is 0 Å². The first-order valence-electron chi connectivity index (χ1n) is 11.3. The maximum Gasteiger partial charge on any atom is 0.391 e. The zero-order valence-corrected chi connectivity index (χ0v) is 18.7. The van der Waals surface area contributed by atoms with Gasteiger partial charge in [0.15, 0.2) is 5.65 Å². The van der Waals surface area contributed by atoms with Crippen molar-refractivity contribution >= 4 is 17.0 Å². The molecular weight excluding hydrogens is 433 g/mol. The monoisotopic (exact) mass is 460 g/mol. The number of anilines is 1. The Morgan fingerprint density at radius 3 is 2.55 bits per heavy atom. The highest BCUT2D eigenvalue weighted by Gasteiger charge is 2.42. The molecule has 10 heteroatoms. The van der Waals surface area contributed by atoms with Gasteiger partial charge in [-0.2, -0.15) is 23.3 Å². The SMILES string of the molecule is Cc1ccc2c(n1)nc(N1CCO[C@@H](c3cnn(C)c3)C1)nc2[C@H]1CC[C@@H](C(F)(F)F)CC1. The molecule has 3 aromatic rings. The first-order chi connectivity index (χ1) is 15.8. The van der Waals surface area contributed by atoms with Crippen LogP contribution in [0.25, 0.3) is 11.0 Å². The summed E-state index contributed by atoms with van der Waals surface area (Å²) in [5.41, 5.74) is 3.24. The maximum atomic E-state index is 13.2. The standard InChI is InChI=1S/C23H27F3N6O/c1-14-3-8-18-20(15-4-6-17(7-5-15)23(24,25)26)29-22(30-21(18)28-14)32-9-10-33-19(13-32)16-11-27-31(2)12-16/h3,8,11-12,15,17,19H,4-7,9-10,13H2,1-2H3/t15-,17+,19-/m1/s1. The minimum atomic E-state index is -4.13. The van der Waals surface area contributed by atoms with Crippen LogP contribution in [0.2, 0.25) is 0 Å². The molecule has 0 spiro atoms. The fraction of sp³-hybridized carbons (Fsp3) is 0.565. The summed E-state index contributed by atoms with van der Waals surface area (Å²) < 4.78 is 47.3. The lowest BCUT2D eigenvalue weighted by atomic mass is 9.79. The minimum Gasteiger partial charge on any atom is -0.370 e. The molecule has 0 unspecified atom stereocenters. The summed E-state index contributed by atoms with van der Waals surface area (Å²) in [6.07, 6.45) is 0.649. The van der Waals surface area contributed by atoms with Crippen molar-refractivity contribution in [2.75, 3.05) is 24.6 Å². The van der Waals surface area contributed by atoms with Gasteiger partial charge in [-0.1, -0.05) is 0 Å². The number of aromatic nitrogens is 5. The molecular formula is C23H27F3N6O. The van der Waals surface area contributed by atoms with Crippen LogP contribution in [0, 0.1) is 12.8 Å². The van der Waals surface area contributed by atoms with Crippen molar-refractivity contribution in [1.82, 2.24) is 24.7 Å². The zero-order chi connectivity index (χ0) is 23.2. The highest BCUT2D eigenvalue weighted by atomic mass is 19.4. The van der Waals surface area contributed by atoms with Crippen LogP contribution in [0.4, 0.5) is 19.1 Å². The molecule has 33 heavy (non-hydrogen) atoms. The third kappa shape index (κ3) is 4.53. The van der Waals surface area contributed by atoms with Crippen LogP contribution in [0.1, 0.15) is 54.7 Å². The van der Waals surface area contributed by atoms with Crippen LogP contribution in [-0.2, 0) is 11.8 Å². The average Bonchev–Trinajstić information content (AvgIpc) is 3.24. The number of nitrogens with zero attached hydrogens (tertiary/aromatic N) is 6. The molecule has 2 fully saturated rings. The first-order valence-corrected chi connectivity index (χ1v) is 11.3. The van der Waals surface area contributed by atoms with E-state index in [1.54, 1.807) is 10.9 Å². The third-order valence-electron chi connectivity index (χ3n) is 6.74. The first kappa shape index (κ1) is 22.1. The molecule has 0 bridgehead atoms. The van der Waals surface area contributed by atoms with Crippen LogP contribution in [0.5, 0.6) is 0 Å². The van der Waals surface area contributed by atoms with E-state index in [1.165, 1.54) is 0 Å². The Hall–Kier alpha value is -2.75. The Morgan fingerprint density at radius 2 is 1.85 bits per heavy atom. The van der Waals surface area contributed by atoms with Crippen molar-refractivity contribution in [3.05, 3.63) is 41.5 Å². The number of morpholine rings is 1. The van der Waals surface area contributed by atoms with E-state index in [0.29, 0.717) is 44.1 Å². The Bertz CT molecular complexity index is 1140. The molecule has 1 aliphatic heterocycles. The lowest BCUT2D eigenvalue weighted by Gasteiger charge is -2.34. The summed E-state index contributed by atoms with van der Waals surface area (Å²) in [6, 6.07) is 3.85. The number of hydrogen-bond acceptors (Lipinski definition) is 6. The van der Waals surface area contributed by atoms with E-state index in [1.807, 2.05) is 32.3 Å². The van der Waals surface area contributed by atoms with E-state index in [4.69, 9.17) is 14.7 Å². The van der Waals surface area contributed by atoms with Crippen LogP contribution in [0.3, 0.4) is 0 Å². The van der Waals surface area contributed by atoms with Gasteiger partial charge in [0.25, 0.3) is 0 Å². The van der Waals surface area contributed by atoms with E-state index >= 15 is 0 Å². The van der Waals surface area contributed by atoms with Crippen LogP contribution in [0.15, 0.2) is 24.5 Å². The molecule has 7 nitrogen and oxygen atoms in total. The minimum absolute atomic E-state index is 0.0347. The molecule has 5 rings (SSSR count). The van der Waals surface area contributed by atoms with E-state index < -0.39 is 12.1 Å². The van der Waals surface area contributed by atoms with E-state index in [9.17, 15) is 13.2 Å². The number of aryl methyl sites for hydroxylation is 2. The fourth-order valence-corrected chi connectivity index (χ4v) is 4.90. The van der Waals surface area contributed by atoms with Gasteiger partial charge in [0.05, 0.1) is 31.0 Å². The zero-order valence-electron chi connectivity index (χ0n) is 18.7. The molecule has 0 aromatic carbocycles. The van der Waals surface area contributed by atoms with Crippen LogP contribution in [-0.4, -0.2) is 50.6 Å². The fourth-order valence-electron chi connectivity index (χ4n) is 4.90. The maximum absolute atomic E-state index is 13.2. The molecule has 2 aliphatic rings. The molecule has 4 heterocycles. The topological polar surface area (TPSA) is 69.0 Å². The van der Waals surface area contributed by atoms with Crippen molar-refractivity contribution in [3.63, 3.8) is 0 Å². The molecule has 1 atom stereocenters. The average molecular weight is 461 g/mol.